The molecule has 0 aromatic heterocycles. The molecular weight excluding hydrogens is 545 g/mol. The second-order valence-corrected chi connectivity index (χ2v) is 9.56. The topological polar surface area (TPSA) is 151 Å². The van der Waals surface area contributed by atoms with Crippen molar-refractivity contribution in [2.75, 3.05) is 10.2 Å². The van der Waals surface area contributed by atoms with E-state index in [-0.39, 0.29) is 29.0 Å². The number of nitriles is 1. The zero-order chi connectivity index (χ0) is 30.3. The molecule has 3 aromatic rings. The number of nitrogens with one attached hydrogen (secondary N) is 1. The average molecular weight is 566 g/mol. The van der Waals surface area contributed by atoms with Crippen LogP contribution in [0.3, 0.4) is 0 Å². The van der Waals surface area contributed by atoms with Crippen molar-refractivity contribution in [3.05, 3.63) is 88.5 Å². The standard InChI is InChI=1S/C28H21F3N4O6/c1-27(2)25(40)35(18-9-7-16(13-32)20(12-18)28(29,30)31)26(41)34(27)14-17-5-3-4-6-21(17)33-22-10-8-15(23(36)37)11-19(22)24(38)39/h3-12,33H,14H2,1-2H3,(H,36,37)(H,38,39). The van der Waals surface area contributed by atoms with E-state index >= 15 is 0 Å². The molecule has 3 amide bonds. The molecule has 0 radical (unpaired) electrons. The molecule has 1 heterocycles. The lowest BCUT2D eigenvalue weighted by Crippen LogP contribution is -2.43. The van der Waals surface area contributed by atoms with Gasteiger partial charge in [-0.25, -0.2) is 19.3 Å². The molecule has 1 aliphatic rings. The monoisotopic (exact) mass is 566 g/mol. The molecule has 1 aliphatic heterocycles. The minimum Gasteiger partial charge on any atom is -0.478 e. The van der Waals surface area contributed by atoms with Gasteiger partial charge in [-0.3, -0.25) is 4.79 Å². The second kappa shape index (κ2) is 10.3. The highest BCUT2D eigenvalue weighted by atomic mass is 19.4. The average Bonchev–Trinajstić information content (AvgIpc) is 3.07. The number of nitrogens with zero attached hydrogens (tertiary/aromatic N) is 3. The molecule has 3 N–H and O–H groups in total. The highest BCUT2D eigenvalue weighted by Crippen LogP contribution is 2.39. The molecular formula is C28H21F3N4O6. The quantitative estimate of drug-likeness (QED) is 0.319. The third kappa shape index (κ3) is 5.27. The number of carboxylic acids is 2. The summed E-state index contributed by atoms with van der Waals surface area (Å²) in [5.41, 5.74) is -3.51. The summed E-state index contributed by atoms with van der Waals surface area (Å²) in [6.45, 7) is 2.67. The van der Waals surface area contributed by atoms with E-state index in [2.05, 4.69) is 5.32 Å². The predicted molar refractivity (Wildman–Crippen MR) is 139 cm³/mol. The fourth-order valence-corrected chi connectivity index (χ4v) is 4.39. The molecule has 3 aromatic carbocycles. The van der Waals surface area contributed by atoms with Gasteiger partial charge in [0.1, 0.15) is 5.54 Å². The number of para-hydroxylation sites is 1. The molecule has 0 bridgehead atoms. The predicted octanol–water partition coefficient (Wildman–Crippen LogP) is 5.46. The first-order chi connectivity index (χ1) is 19.2. The zero-order valence-corrected chi connectivity index (χ0v) is 21.5. The van der Waals surface area contributed by atoms with Crippen molar-refractivity contribution in [3.8, 4) is 6.07 Å². The van der Waals surface area contributed by atoms with Gasteiger partial charge in [0.2, 0.25) is 0 Å². The van der Waals surface area contributed by atoms with Crippen molar-refractivity contribution in [3.63, 3.8) is 0 Å². The van der Waals surface area contributed by atoms with Gasteiger partial charge in [0, 0.05) is 5.69 Å². The highest BCUT2D eigenvalue weighted by molar-refractivity contribution is 6.23. The molecule has 210 valence electrons. The molecule has 0 aliphatic carbocycles. The first-order valence-corrected chi connectivity index (χ1v) is 11.9. The number of benzene rings is 3. The number of rotatable bonds is 7. The molecule has 1 fully saturated rings. The maximum atomic E-state index is 13.6. The van der Waals surface area contributed by atoms with Crippen molar-refractivity contribution in [1.82, 2.24) is 4.90 Å². The number of anilines is 3. The van der Waals surface area contributed by atoms with E-state index in [4.69, 9.17) is 5.26 Å². The Bertz CT molecular complexity index is 1640. The summed E-state index contributed by atoms with van der Waals surface area (Å²) < 4.78 is 40.7. The van der Waals surface area contributed by atoms with Gasteiger partial charge < -0.3 is 20.4 Å². The van der Waals surface area contributed by atoms with Crippen LogP contribution in [0.1, 0.15) is 51.3 Å². The summed E-state index contributed by atoms with van der Waals surface area (Å²) in [6.07, 6.45) is -4.90. The Morgan fingerprint density at radius 1 is 0.976 bits per heavy atom. The highest BCUT2D eigenvalue weighted by Gasteiger charge is 2.52. The van der Waals surface area contributed by atoms with Crippen LogP contribution in [-0.2, 0) is 17.5 Å². The third-order valence-electron chi connectivity index (χ3n) is 6.62. The summed E-state index contributed by atoms with van der Waals surface area (Å²) >= 11 is 0. The minimum atomic E-state index is -4.90. The van der Waals surface area contributed by atoms with Gasteiger partial charge in [0.15, 0.2) is 0 Å². The number of alkyl halides is 3. The Hall–Kier alpha value is -5.38. The van der Waals surface area contributed by atoms with Crippen LogP contribution in [0.2, 0.25) is 0 Å². The molecule has 41 heavy (non-hydrogen) atoms. The minimum absolute atomic E-state index is 0.0666. The van der Waals surface area contributed by atoms with Crippen LogP contribution in [0, 0.1) is 11.3 Å². The molecule has 0 unspecified atom stereocenters. The van der Waals surface area contributed by atoms with E-state index in [1.807, 2.05) is 0 Å². The number of hydrogen-bond donors (Lipinski definition) is 3. The Kier molecular flexibility index (Phi) is 7.19. The van der Waals surface area contributed by atoms with Gasteiger partial charge in [-0.15, -0.1) is 0 Å². The normalized spacial score (nSPS) is 14.6. The first kappa shape index (κ1) is 28.6. The fraction of sp³-hybridized carbons (Fsp3) is 0.179. The number of halogens is 3. The number of imide groups is 1. The SMILES string of the molecule is CC1(C)C(=O)N(c2ccc(C#N)c(C(F)(F)F)c2)C(=O)N1Cc1ccccc1Nc1ccc(C(=O)O)cc1C(=O)O. The van der Waals surface area contributed by atoms with E-state index in [1.54, 1.807) is 24.3 Å². The Morgan fingerprint density at radius 3 is 2.27 bits per heavy atom. The van der Waals surface area contributed by atoms with Crippen molar-refractivity contribution in [2.45, 2.75) is 32.1 Å². The number of amides is 3. The Labute approximate surface area is 230 Å². The van der Waals surface area contributed by atoms with Gasteiger partial charge in [0.25, 0.3) is 5.91 Å². The molecule has 0 spiro atoms. The number of carboxylic acid groups (broad SMARTS) is 2. The third-order valence-corrected chi connectivity index (χ3v) is 6.62. The first-order valence-electron chi connectivity index (χ1n) is 11.9. The van der Waals surface area contributed by atoms with E-state index in [9.17, 15) is 42.6 Å². The van der Waals surface area contributed by atoms with E-state index in [0.29, 0.717) is 22.2 Å². The lowest BCUT2D eigenvalue weighted by Gasteiger charge is -2.28. The summed E-state index contributed by atoms with van der Waals surface area (Å²) in [4.78, 5) is 51.7. The van der Waals surface area contributed by atoms with Gasteiger partial charge >= 0.3 is 24.1 Å². The summed E-state index contributed by atoms with van der Waals surface area (Å²) in [7, 11) is 0. The molecule has 10 nitrogen and oxygen atoms in total. The van der Waals surface area contributed by atoms with Gasteiger partial charge in [-0.2, -0.15) is 18.4 Å². The maximum absolute atomic E-state index is 13.6. The van der Waals surface area contributed by atoms with Crippen LogP contribution in [0.4, 0.5) is 35.0 Å². The zero-order valence-electron chi connectivity index (χ0n) is 21.5. The Balaban J connectivity index is 1.70. The van der Waals surface area contributed by atoms with E-state index < -0.39 is 46.7 Å². The summed E-state index contributed by atoms with van der Waals surface area (Å²) in [6, 6.07) is 13.1. The van der Waals surface area contributed by atoms with Crippen LogP contribution in [0.25, 0.3) is 0 Å². The fourth-order valence-electron chi connectivity index (χ4n) is 4.39. The lowest BCUT2D eigenvalue weighted by molar-refractivity contribution is -0.137. The van der Waals surface area contributed by atoms with Crippen LogP contribution >= 0.6 is 0 Å². The van der Waals surface area contributed by atoms with Crippen molar-refractivity contribution < 1.29 is 42.6 Å². The smallest absolute Gasteiger partial charge is 0.417 e. The molecule has 0 saturated carbocycles. The maximum Gasteiger partial charge on any atom is 0.417 e. The van der Waals surface area contributed by atoms with Crippen LogP contribution < -0.4 is 10.2 Å². The largest absolute Gasteiger partial charge is 0.478 e. The molecule has 4 rings (SSSR count). The summed E-state index contributed by atoms with van der Waals surface area (Å²) in [5, 5.41) is 30.8. The van der Waals surface area contributed by atoms with Gasteiger partial charge in [-0.1, -0.05) is 18.2 Å². The number of urea groups is 1. The van der Waals surface area contributed by atoms with E-state index in [0.717, 1.165) is 23.1 Å². The second-order valence-electron chi connectivity index (χ2n) is 9.56. The van der Waals surface area contributed by atoms with Crippen LogP contribution in [-0.4, -0.2) is 44.5 Å². The number of hydrogen-bond acceptors (Lipinski definition) is 6. The van der Waals surface area contributed by atoms with Crippen molar-refractivity contribution in [2.24, 2.45) is 0 Å². The van der Waals surface area contributed by atoms with Crippen LogP contribution in [0.5, 0.6) is 0 Å². The number of aromatic carboxylic acids is 2. The lowest BCUT2D eigenvalue weighted by atomic mass is 10.0. The number of carbonyl (C=O) groups excluding carboxylic acids is 2. The van der Waals surface area contributed by atoms with Gasteiger partial charge in [0.05, 0.1) is 46.2 Å². The van der Waals surface area contributed by atoms with Crippen LogP contribution in [0.15, 0.2) is 60.7 Å². The molecule has 13 heteroatoms. The van der Waals surface area contributed by atoms with E-state index in [1.165, 1.54) is 32.0 Å². The molecule has 0 atom stereocenters. The summed E-state index contributed by atoms with van der Waals surface area (Å²) in [5.74, 6) is -3.48. The van der Waals surface area contributed by atoms with Crippen molar-refractivity contribution >= 4 is 40.9 Å². The molecule has 1 saturated heterocycles. The number of carbonyl (C=O) groups is 4. The van der Waals surface area contributed by atoms with Gasteiger partial charge in [-0.05, 0) is 61.9 Å². The van der Waals surface area contributed by atoms with Crippen molar-refractivity contribution in [1.29, 1.82) is 5.26 Å². The Morgan fingerprint density at radius 2 is 1.66 bits per heavy atom.